The molecular formula is C20H22N4OS. The highest BCUT2D eigenvalue weighted by molar-refractivity contribution is 7.10. The lowest BCUT2D eigenvalue weighted by molar-refractivity contribution is -0.123. The van der Waals surface area contributed by atoms with E-state index in [0.717, 1.165) is 30.8 Å². The van der Waals surface area contributed by atoms with Crippen LogP contribution in [0.4, 0.5) is 0 Å². The fourth-order valence-electron chi connectivity index (χ4n) is 2.96. The largest absolute Gasteiger partial charge is 0.368 e. The van der Waals surface area contributed by atoms with Crippen molar-refractivity contribution >= 4 is 17.2 Å². The summed E-state index contributed by atoms with van der Waals surface area (Å²) >= 11 is 1.57. The number of hydrogen-bond acceptors (Lipinski definition) is 5. The van der Waals surface area contributed by atoms with Crippen molar-refractivity contribution in [1.82, 2.24) is 14.9 Å². The first-order valence-electron chi connectivity index (χ1n) is 8.58. The van der Waals surface area contributed by atoms with Crippen LogP contribution in [0.5, 0.6) is 0 Å². The molecule has 0 aliphatic rings. The maximum Gasteiger partial charge on any atom is 0.240 e. The Labute approximate surface area is 157 Å². The topological polar surface area (TPSA) is 72.1 Å². The number of rotatable bonds is 9. The van der Waals surface area contributed by atoms with Crippen molar-refractivity contribution in [3.05, 3.63) is 82.6 Å². The van der Waals surface area contributed by atoms with Crippen molar-refractivity contribution in [3.8, 4) is 0 Å². The summed E-state index contributed by atoms with van der Waals surface area (Å²) in [6, 6.07) is 11.6. The summed E-state index contributed by atoms with van der Waals surface area (Å²) in [5.74, 6) is -0.308. The van der Waals surface area contributed by atoms with Crippen molar-refractivity contribution in [3.63, 3.8) is 0 Å². The second-order valence-corrected chi connectivity index (χ2v) is 7.05. The Morgan fingerprint density at radius 2 is 1.50 bits per heavy atom. The van der Waals surface area contributed by atoms with Crippen molar-refractivity contribution in [2.75, 3.05) is 13.1 Å². The average molecular weight is 366 g/mol. The molecule has 1 amide bonds. The van der Waals surface area contributed by atoms with Crippen LogP contribution in [0.15, 0.2) is 66.6 Å². The van der Waals surface area contributed by atoms with Crippen LogP contribution in [0.1, 0.15) is 22.0 Å². The number of pyridine rings is 2. The first-order valence-corrected chi connectivity index (χ1v) is 9.46. The fraction of sp³-hybridized carbons (Fsp3) is 0.250. The van der Waals surface area contributed by atoms with E-state index >= 15 is 0 Å². The molecule has 0 saturated heterocycles. The predicted octanol–water partition coefficient (Wildman–Crippen LogP) is 2.85. The number of carbonyl (C=O) groups is 1. The van der Waals surface area contributed by atoms with Crippen LogP contribution >= 0.6 is 11.3 Å². The van der Waals surface area contributed by atoms with Crippen LogP contribution in [-0.4, -0.2) is 33.9 Å². The average Bonchev–Trinajstić information content (AvgIpc) is 3.19. The Balaban J connectivity index is 1.76. The number of carbonyl (C=O) groups excluding carboxylic acids is 1. The predicted molar refractivity (Wildman–Crippen MR) is 104 cm³/mol. The summed E-state index contributed by atoms with van der Waals surface area (Å²) in [7, 11) is 0. The van der Waals surface area contributed by atoms with Crippen LogP contribution in [0.2, 0.25) is 0 Å². The smallest absolute Gasteiger partial charge is 0.240 e. The highest BCUT2D eigenvalue weighted by Crippen LogP contribution is 2.25. The molecule has 0 aromatic carbocycles. The summed E-state index contributed by atoms with van der Waals surface area (Å²) in [5.41, 5.74) is 8.17. The number of hydrogen-bond donors (Lipinski definition) is 1. The molecule has 1 atom stereocenters. The van der Waals surface area contributed by atoms with Crippen LogP contribution in [-0.2, 0) is 17.6 Å². The van der Waals surface area contributed by atoms with Gasteiger partial charge in [0.1, 0.15) is 6.04 Å². The molecule has 2 N–H and O–H groups in total. The van der Waals surface area contributed by atoms with E-state index in [-0.39, 0.29) is 5.91 Å². The molecule has 0 spiro atoms. The Kier molecular flexibility index (Phi) is 6.46. The van der Waals surface area contributed by atoms with Gasteiger partial charge >= 0.3 is 0 Å². The maximum atomic E-state index is 12.2. The summed E-state index contributed by atoms with van der Waals surface area (Å²) in [6.07, 6.45) is 8.86. The third-order valence-electron chi connectivity index (χ3n) is 4.32. The molecular weight excluding hydrogens is 344 g/mol. The second-order valence-electron chi connectivity index (χ2n) is 6.07. The molecule has 0 aliphatic carbocycles. The first-order chi connectivity index (χ1) is 12.7. The quantitative estimate of drug-likeness (QED) is 0.632. The molecule has 0 radical (unpaired) electrons. The first kappa shape index (κ1) is 18.2. The maximum absolute atomic E-state index is 12.2. The van der Waals surface area contributed by atoms with E-state index in [1.807, 2.05) is 41.8 Å². The zero-order valence-electron chi connectivity index (χ0n) is 14.5. The molecule has 0 bridgehead atoms. The second kappa shape index (κ2) is 9.22. The highest BCUT2D eigenvalue weighted by Gasteiger charge is 2.26. The normalized spacial score (nSPS) is 12.2. The van der Waals surface area contributed by atoms with Crippen molar-refractivity contribution in [2.24, 2.45) is 5.73 Å². The number of thiophene rings is 1. The molecule has 3 aromatic heterocycles. The Morgan fingerprint density at radius 1 is 0.962 bits per heavy atom. The van der Waals surface area contributed by atoms with E-state index in [9.17, 15) is 4.79 Å². The molecule has 1 unspecified atom stereocenters. The molecule has 0 fully saturated rings. The Bertz CT molecular complexity index is 750. The van der Waals surface area contributed by atoms with Gasteiger partial charge in [-0.2, -0.15) is 0 Å². The van der Waals surface area contributed by atoms with E-state index in [2.05, 4.69) is 14.9 Å². The Morgan fingerprint density at radius 3 is 1.92 bits per heavy atom. The van der Waals surface area contributed by atoms with Crippen LogP contribution in [0, 0.1) is 0 Å². The molecule has 26 heavy (non-hydrogen) atoms. The van der Waals surface area contributed by atoms with E-state index < -0.39 is 6.04 Å². The van der Waals surface area contributed by atoms with Gasteiger partial charge in [0.15, 0.2) is 0 Å². The minimum atomic E-state index is -0.404. The van der Waals surface area contributed by atoms with Crippen LogP contribution in [0.3, 0.4) is 0 Å². The highest BCUT2D eigenvalue weighted by atomic mass is 32.1. The van der Waals surface area contributed by atoms with Gasteiger partial charge in [-0.3, -0.25) is 19.7 Å². The van der Waals surface area contributed by atoms with Gasteiger partial charge in [-0.25, -0.2) is 0 Å². The minimum Gasteiger partial charge on any atom is -0.368 e. The van der Waals surface area contributed by atoms with Gasteiger partial charge in [-0.15, -0.1) is 11.3 Å². The van der Waals surface area contributed by atoms with Gasteiger partial charge in [0, 0.05) is 42.8 Å². The molecule has 3 rings (SSSR count). The zero-order chi connectivity index (χ0) is 18.2. The zero-order valence-corrected chi connectivity index (χ0v) is 15.3. The van der Waals surface area contributed by atoms with E-state index in [4.69, 9.17) is 5.73 Å². The number of nitrogens with zero attached hydrogens (tertiary/aromatic N) is 3. The molecule has 6 heteroatoms. The van der Waals surface area contributed by atoms with Crippen LogP contribution in [0.25, 0.3) is 0 Å². The number of nitrogens with two attached hydrogens (primary N) is 1. The third kappa shape index (κ3) is 4.97. The van der Waals surface area contributed by atoms with Gasteiger partial charge in [0.05, 0.1) is 0 Å². The molecule has 3 heterocycles. The van der Waals surface area contributed by atoms with Gasteiger partial charge < -0.3 is 5.73 Å². The number of aromatic nitrogens is 2. The van der Waals surface area contributed by atoms with E-state index in [1.165, 1.54) is 11.1 Å². The van der Waals surface area contributed by atoms with E-state index in [0.29, 0.717) is 0 Å². The number of primary amides is 1. The van der Waals surface area contributed by atoms with Gasteiger partial charge in [0.25, 0.3) is 0 Å². The van der Waals surface area contributed by atoms with Crippen molar-refractivity contribution in [2.45, 2.75) is 18.9 Å². The molecule has 134 valence electrons. The van der Waals surface area contributed by atoms with Gasteiger partial charge in [-0.05, 0) is 59.7 Å². The molecule has 0 saturated carbocycles. The molecule has 5 nitrogen and oxygen atoms in total. The monoisotopic (exact) mass is 366 g/mol. The van der Waals surface area contributed by atoms with Gasteiger partial charge in [0.2, 0.25) is 5.91 Å². The van der Waals surface area contributed by atoms with Gasteiger partial charge in [-0.1, -0.05) is 6.07 Å². The summed E-state index contributed by atoms with van der Waals surface area (Å²) in [6.45, 7) is 1.50. The lowest BCUT2D eigenvalue weighted by atomic mass is 10.1. The lowest BCUT2D eigenvalue weighted by Crippen LogP contribution is -2.39. The standard InChI is InChI=1S/C20H22N4OS/c21-20(25)19(18-2-1-15-26-18)24(13-7-16-3-9-22-10-4-16)14-8-17-5-11-23-12-6-17/h1-6,9-12,15,19H,7-8,13-14H2,(H2,21,25). The van der Waals surface area contributed by atoms with Crippen LogP contribution < -0.4 is 5.73 Å². The summed E-state index contributed by atoms with van der Waals surface area (Å²) in [4.78, 5) is 23.5. The fourth-order valence-corrected chi connectivity index (χ4v) is 3.83. The van der Waals surface area contributed by atoms with Crippen molar-refractivity contribution < 1.29 is 4.79 Å². The third-order valence-corrected chi connectivity index (χ3v) is 5.25. The van der Waals surface area contributed by atoms with E-state index in [1.54, 1.807) is 36.1 Å². The molecule has 0 aliphatic heterocycles. The van der Waals surface area contributed by atoms with Crippen molar-refractivity contribution in [1.29, 1.82) is 0 Å². The SMILES string of the molecule is NC(=O)C(c1cccs1)N(CCc1ccncc1)CCc1ccncc1. The lowest BCUT2D eigenvalue weighted by Gasteiger charge is -2.29. The number of amides is 1. The minimum absolute atomic E-state index is 0.308. The Hall–Kier alpha value is -2.57. The summed E-state index contributed by atoms with van der Waals surface area (Å²) in [5, 5.41) is 1.98. The molecule has 3 aromatic rings. The summed E-state index contributed by atoms with van der Waals surface area (Å²) < 4.78 is 0.